The van der Waals surface area contributed by atoms with E-state index in [1.54, 1.807) is 0 Å². The standard InChI is InChI=1S/C33H40N12O3S/c1-19(22-7-5-12-42(22)3)47-31-38-21(29-40-30(48-41-29)33(2)11-4-9-25-27(33)20(16-34)28(35)49-25)15-26(39-31)43-13-6-8-23-24(43)10-14-44(23)32(46)45-18-36-17-37-45/h15,17-19,22-24H,4-14,35H2,1-3H3/t19-,22-,23?,24?,33?/m0/s1. The van der Waals surface area contributed by atoms with Gasteiger partial charge in [0.1, 0.15) is 41.3 Å². The highest BCUT2D eigenvalue weighted by molar-refractivity contribution is 7.16. The molecule has 15 nitrogen and oxygen atoms in total. The minimum atomic E-state index is -0.654. The van der Waals surface area contributed by atoms with E-state index in [2.05, 4.69) is 52.0 Å². The van der Waals surface area contributed by atoms with Crippen molar-refractivity contribution in [1.82, 2.24) is 44.7 Å². The number of aromatic nitrogens is 7. The summed E-state index contributed by atoms with van der Waals surface area (Å²) in [7, 11) is 2.12. The minimum Gasteiger partial charge on any atom is -0.459 e. The molecule has 49 heavy (non-hydrogen) atoms. The van der Waals surface area contributed by atoms with Gasteiger partial charge >= 0.3 is 12.0 Å². The molecule has 2 N–H and O–H groups in total. The van der Waals surface area contributed by atoms with Crippen molar-refractivity contribution in [3.8, 4) is 23.6 Å². The van der Waals surface area contributed by atoms with Gasteiger partial charge in [0, 0.05) is 35.6 Å². The van der Waals surface area contributed by atoms with Gasteiger partial charge in [-0.25, -0.2) is 9.78 Å². The molecule has 7 heterocycles. The number of nitrogens with zero attached hydrogens (tertiary/aromatic N) is 11. The van der Waals surface area contributed by atoms with Crippen molar-refractivity contribution in [2.75, 3.05) is 37.3 Å². The van der Waals surface area contributed by atoms with Crippen molar-refractivity contribution in [3.05, 3.63) is 40.6 Å². The topological polar surface area (TPSA) is 181 Å². The maximum atomic E-state index is 13.3. The van der Waals surface area contributed by atoms with E-state index in [0.717, 1.165) is 74.9 Å². The predicted octanol–water partition coefficient (Wildman–Crippen LogP) is 3.85. The maximum absolute atomic E-state index is 13.3. The lowest BCUT2D eigenvalue weighted by atomic mass is 9.72. The van der Waals surface area contributed by atoms with Crippen LogP contribution in [0.3, 0.4) is 0 Å². The monoisotopic (exact) mass is 684 g/mol. The lowest BCUT2D eigenvalue weighted by Crippen LogP contribution is -2.52. The molecule has 0 radical (unpaired) electrons. The maximum Gasteiger partial charge on any atom is 0.346 e. The van der Waals surface area contributed by atoms with Gasteiger partial charge in [0.25, 0.3) is 0 Å². The molecule has 3 saturated heterocycles. The number of nitrogens with two attached hydrogens (primary N) is 1. The first-order valence-corrected chi connectivity index (χ1v) is 17.9. The molecular weight excluding hydrogens is 645 g/mol. The van der Waals surface area contributed by atoms with Crippen molar-refractivity contribution >= 4 is 28.2 Å². The number of hydrogen-bond donors (Lipinski definition) is 1. The predicted molar refractivity (Wildman–Crippen MR) is 180 cm³/mol. The molecule has 1 amide bonds. The van der Waals surface area contributed by atoms with E-state index in [9.17, 15) is 10.1 Å². The number of hydrogen-bond acceptors (Lipinski definition) is 14. The molecular formula is C33H40N12O3S. The van der Waals surface area contributed by atoms with Crippen LogP contribution in [-0.2, 0) is 11.8 Å². The summed E-state index contributed by atoms with van der Waals surface area (Å²) in [4.78, 5) is 39.6. The zero-order valence-corrected chi connectivity index (χ0v) is 28.8. The van der Waals surface area contributed by atoms with Crippen molar-refractivity contribution in [3.63, 3.8) is 0 Å². The van der Waals surface area contributed by atoms with Crippen LogP contribution in [0.4, 0.5) is 15.6 Å². The molecule has 4 aromatic rings. The summed E-state index contributed by atoms with van der Waals surface area (Å²) in [6.45, 7) is 6.54. The number of nitriles is 1. The Morgan fingerprint density at radius 3 is 2.80 bits per heavy atom. The molecule has 8 rings (SSSR count). The molecule has 256 valence electrons. The van der Waals surface area contributed by atoms with E-state index in [4.69, 9.17) is 29.9 Å². The van der Waals surface area contributed by atoms with E-state index in [1.807, 2.05) is 11.0 Å². The van der Waals surface area contributed by atoms with Crippen LogP contribution in [-0.4, -0.2) is 102 Å². The van der Waals surface area contributed by atoms with Crippen molar-refractivity contribution < 1.29 is 14.1 Å². The molecule has 0 bridgehead atoms. The Labute approximate surface area is 288 Å². The minimum absolute atomic E-state index is 0.00361. The highest BCUT2D eigenvalue weighted by atomic mass is 32.1. The quantitative estimate of drug-likeness (QED) is 0.310. The molecule has 5 atom stereocenters. The van der Waals surface area contributed by atoms with Gasteiger partial charge in [-0.3, -0.25) is 4.90 Å². The van der Waals surface area contributed by atoms with Crippen LogP contribution < -0.4 is 15.4 Å². The molecule has 3 aliphatic heterocycles. The zero-order chi connectivity index (χ0) is 33.9. The van der Waals surface area contributed by atoms with Gasteiger partial charge in [-0.15, -0.1) is 11.3 Å². The first-order valence-electron chi connectivity index (χ1n) is 17.1. The van der Waals surface area contributed by atoms with Gasteiger partial charge in [0.15, 0.2) is 0 Å². The van der Waals surface area contributed by atoms with Crippen LogP contribution in [0.5, 0.6) is 6.01 Å². The summed E-state index contributed by atoms with van der Waals surface area (Å²) in [6.07, 6.45) is 9.96. The second-order valence-electron chi connectivity index (χ2n) is 13.8. The second kappa shape index (κ2) is 12.4. The van der Waals surface area contributed by atoms with E-state index in [0.29, 0.717) is 40.3 Å². The Morgan fingerprint density at radius 1 is 1.16 bits per heavy atom. The summed E-state index contributed by atoms with van der Waals surface area (Å²) < 4.78 is 13.8. The Bertz CT molecular complexity index is 1900. The van der Waals surface area contributed by atoms with E-state index in [-0.39, 0.29) is 36.3 Å². The van der Waals surface area contributed by atoms with Crippen LogP contribution >= 0.6 is 11.3 Å². The fraction of sp³-hybridized carbons (Fsp3) is 0.576. The van der Waals surface area contributed by atoms with Gasteiger partial charge < -0.3 is 24.8 Å². The smallest absolute Gasteiger partial charge is 0.346 e. The average Bonchev–Trinajstić information content (AvgIpc) is 3.94. The number of rotatable bonds is 6. The number of piperidine rings is 1. The van der Waals surface area contributed by atoms with Crippen LogP contribution in [0.25, 0.3) is 11.5 Å². The molecule has 3 unspecified atom stereocenters. The number of fused-ring (bicyclic) bond motifs is 2. The lowest BCUT2D eigenvalue weighted by molar-refractivity contribution is 0.112. The highest BCUT2D eigenvalue weighted by Gasteiger charge is 2.45. The number of thiophene rings is 1. The largest absolute Gasteiger partial charge is 0.459 e. The average molecular weight is 685 g/mol. The number of ether oxygens (including phenoxy) is 1. The van der Waals surface area contributed by atoms with E-state index < -0.39 is 5.41 Å². The Morgan fingerprint density at radius 2 is 2.02 bits per heavy atom. The van der Waals surface area contributed by atoms with Gasteiger partial charge in [-0.05, 0) is 78.8 Å². The molecule has 16 heteroatoms. The van der Waals surface area contributed by atoms with Crippen molar-refractivity contribution in [2.45, 2.75) is 94.9 Å². The third-order valence-electron chi connectivity index (χ3n) is 10.9. The first-order chi connectivity index (χ1) is 23.7. The number of anilines is 2. The third-order valence-corrected chi connectivity index (χ3v) is 12.0. The summed E-state index contributed by atoms with van der Waals surface area (Å²) in [6, 6.07) is 4.62. The molecule has 4 aliphatic rings. The molecule has 1 aliphatic carbocycles. The van der Waals surface area contributed by atoms with Crippen LogP contribution in [0.2, 0.25) is 0 Å². The van der Waals surface area contributed by atoms with E-state index >= 15 is 0 Å². The third kappa shape index (κ3) is 5.39. The summed E-state index contributed by atoms with van der Waals surface area (Å²) in [5, 5.41) is 19.0. The number of likely N-dealkylation sites (N-methyl/N-ethyl adjacent to an activating group) is 1. The molecule has 3 fully saturated rings. The molecule has 0 aromatic carbocycles. The van der Waals surface area contributed by atoms with Crippen LogP contribution in [0.15, 0.2) is 23.2 Å². The second-order valence-corrected chi connectivity index (χ2v) is 15.0. The lowest BCUT2D eigenvalue weighted by Gasteiger charge is -2.40. The van der Waals surface area contributed by atoms with Gasteiger partial charge in [0.05, 0.1) is 23.1 Å². The Balaban J connectivity index is 1.15. The number of carbonyl (C=O) groups excluding carboxylic acids is 1. The number of likely N-dealkylation sites (tertiary alicyclic amines) is 2. The molecule has 0 saturated carbocycles. The molecule has 4 aromatic heterocycles. The van der Waals surface area contributed by atoms with Crippen LogP contribution in [0, 0.1) is 11.3 Å². The fourth-order valence-electron chi connectivity index (χ4n) is 8.51. The van der Waals surface area contributed by atoms with Crippen LogP contribution in [0.1, 0.15) is 80.7 Å². The zero-order valence-electron chi connectivity index (χ0n) is 27.9. The number of carbonyl (C=O) groups is 1. The summed E-state index contributed by atoms with van der Waals surface area (Å²) in [5.74, 6) is 1.45. The Kier molecular flexibility index (Phi) is 7.98. The molecule has 0 spiro atoms. The summed E-state index contributed by atoms with van der Waals surface area (Å²) >= 11 is 1.47. The Hall–Kier alpha value is -4.62. The summed E-state index contributed by atoms with van der Waals surface area (Å²) in [5.41, 5.74) is 7.50. The van der Waals surface area contributed by atoms with Crippen molar-refractivity contribution in [2.24, 2.45) is 0 Å². The van der Waals surface area contributed by atoms with Gasteiger partial charge in [-0.2, -0.15) is 30.0 Å². The first kappa shape index (κ1) is 31.6. The number of amides is 1. The van der Waals surface area contributed by atoms with Crippen molar-refractivity contribution in [1.29, 1.82) is 5.26 Å². The van der Waals surface area contributed by atoms with Gasteiger partial charge in [-0.1, -0.05) is 5.16 Å². The highest BCUT2D eigenvalue weighted by Crippen LogP contribution is 2.48. The SMILES string of the molecule is C[C@H](Oc1nc(-c2noc(C3(C)CCCc4sc(N)c(C#N)c43)n2)cc(N2CCCC3C2CCN3C(=O)n2cncn2)n1)[C@@H]1CCCN1C. The van der Waals surface area contributed by atoms with Gasteiger partial charge in [0.2, 0.25) is 11.7 Å². The fourth-order valence-corrected chi connectivity index (χ4v) is 9.70. The number of aryl methyl sites for hydroxylation is 1. The normalized spacial score (nSPS) is 26.0. The number of nitrogen functional groups attached to an aromatic ring is 1. The van der Waals surface area contributed by atoms with E-state index in [1.165, 1.54) is 28.7 Å².